The van der Waals surface area contributed by atoms with Crippen LogP contribution in [0.15, 0.2) is 24.3 Å². The maximum absolute atomic E-state index is 12.4. The standard InChI is InChI=1S/C10H7F3N2O/c11-10(12,13)8-5-15-7-4-2-1-3-6(7)14-9(15)16-8/h1-4,8H,5H2. The van der Waals surface area contributed by atoms with Crippen LogP contribution in [0.2, 0.25) is 0 Å². The van der Waals surface area contributed by atoms with Crippen LogP contribution in [0.5, 0.6) is 6.01 Å². The third-order valence-corrected chi connectivity index (χ3v) is 2.58. The number of rotatable bonds is 0. The van der Waals surface area contributed by atoms with Gasteiger partial charge in [-0.1, -0.05) is 12.1 Å². The van der Waals surface area contributed by atoms with Crippen LogP contribution in [-0.4, -0.2) is 21.8 Å². The normalized spacial score (nSPS) is 19.8. The summed E-state index contributed by atoms with van der Waals surface area (Å²) in [6, 6.07) is 7.06. The van der Waals surface area contributed by atoms with E-state index < -0.39 is 12.3 Å². The smallest absolute Gasteiger partial charge is 0.427 e. The van der Waals surface area contributed by atoms with Gasteiger partial charge < -0.3 is 4.74 Å². The van der Waals surface area contributed by atoms with Gasteiger partial charge in [-0.25, -0.2) is 0 Å². The van der Waals surface area contributed by atoms with Gasteiger partial charge in [0.15, 0.2) is 0 Å². The molecule has 0 aliphatic carbocycles. The number of para-hydroxylation sites is 2. The van der Waals surface area contributed by atoms with Crippen molar-refractivity contribution < 1.29 is 17.9 Å². The molecule has 0 bridgehead atoms. The summed E-state index contributed by atoms with van der Waals surface area (Å²) in [4.78, 5) is 4.00. The topological polar surface area (TPSA) is 27.1 Å². The van der Waals surface area contributed by atoms with Gasteiger partial charge in [-0.15, -0.1) is 0 Å². The molecule has 2 aromatic rings. The first-order valence-electron chi connectivity index (χ1n) is 4.74. The van der Waals surface area contributed by atoms with E-state index in [-0.39, 0.29) is 12.6 Å². The van der Waals surface area contributed by atoms with Crippen LogP contribution in [-0.2, 0) is 6.54 Å². The summed E-state index contributed by atoms with van der Waals surface area (Å²) in [5, 5.41) is 0. The molecular formula is C10H7F3N2O. The summed E-state index contributed by atoms with van der Waals surface area (Å²) >= 11 is 0. The lowest BCUT2D eigenvalue weighted by Crippen LogP contribution is -2.33. The molecule has 0 spiro atoms. The summed E-state index contributed by atoms with van der Waals surface area (Å²) in [7, 11) is 0. The van der Waals surface area contributed by atoms with Crippen LogP contribution < -0.4 is 4.74 Å². The molecular weight excluding hydrogens is 221 g/mol. The van der Waals surface area contributed by atoms with E-state index >= 15 is 0 Å². The number of nitrogens with zero attached hydrogens (tertiary/aromatic N) is 2. The third-order valence-electron chi connectivity index (χ3n) is 2.58. The molecule has 1 unspecified atom stereocenters. The average Bonchev–Trinajstić information content (AvgIpc) is 2.72. The highest BCUT2D eigenvalue weighted by Gasteiger charge is 2.46. The Bertz CT molecular complexity index is 546. The molecule has 1 aromatic carbocycles. The highest BCUT2D eigenvalue weighted by molar-refractivity contribution is 5.76. The molecule has 0 saturated heterocycles. The second kappa shape index (κ2) is 2.90. The monoisotopic (exact) mass is 228 g/mol. The molecule has 1 aliphatic rings. The molecule has 0 N–H and O–H groups in total. The fraction of sp³-hybridized carbons (Fsp3) is 0.300. The summed E-state index contributed by atoms with van der Waals surface area (Å²) in [6.07, 6.45) is -6.12. The van der Waals surface area contributed by atoms with Crippen LogP contribution >= 0.6 is 0 Å². The molecule has 1 atom stereocenters. The summed E-state index contributed by atoms with van der Waals surface area (Å²) in [5.74, 6) is 0. The summed E-state index contributed by atoms with van der Waals surface area (Å²) < 4.78 is 43.5. The maximum Gasteiger partial charge on any atom is 0.427 e. The molecule has 0 saturated carbocycles. The van der Waals surface area contributed by atoms with Crippen LogP contribution in [0.1, 0.15) is 0 Å². The number of imidazole rings is 1. The van der Waals surface area contributed by atoms with Crippen LogP contribution in [0.3, 0.4) is 0 Å². The van der Waals surface area contributed by atoms with Crippen LogP contribution in [0, 0.1) is 0 Å². The number of aromatic nitrogens is 2. The Morgan fingerprint density at radius 2 is 2.06 bits per heavy atom. The molecule has 0 amide bonds. The molecule has 6 heteroatoms. The second-order valence-electron chi connectivity index (χ2n) is 3.64. The summed E-state index contributed by atoms with van der Waals surface area (Å²) in [6.45, 7) is -0.223. The Kier molecular flexibility index (Phi) is 1.72. The fourth-order valence-corrected chi connectivity index (χ4v) is 1.82. The SMILES string of the molecule is FC(F)(F)C1Cn2c(nc3ccccc32)O1. The maximum atomic E-state index is 12.4. The van der Waals surface area contributed by atoms with Gasteiger partial charge in [-0.3, -0.25) is 4.57 Å². The fourth-order valence-electron chi connectivity index (χ4n) is 1.82. The van der Waals surface area contributed by atoms with Crippen LogP contribution in [0.25, 0.3) is 11.0 Å². The number of fused-ring (bicyclic) bond motifs is 3. The van der Waals surface area contributed by atoms with Crippen molar-refractivity contribution in [3.05, 3.63) is 24.3 Å². The number of hydrogen-bond acceptors (Lipinski definition) is 2. The molecule has 1 aromatic heterocycles. The lowest BCUT2D eigenvalue weighted by molar-refractivity contribution is -0.190. The first kappa shape index (κ1) is 9.50. The highest BCUT2D eigenvalue weighted by Crippen LogP contribution is 2.34. The van der Waals surface area contributed by atoms with Crippen molar-refractivity contribution in [1.82, 2.24) is 9.55 Å². The van der Waals surface area contributed by atoms with Gasteiger partial charge in [0.25, 0.3) is 6.01 Å². The predicted molar refractivity (Wildman–Crippen MR) is 50.2 cm³/mol. The lowest BCUT2D eigenvalue weighted by Gasteiger charge is -2.12. The molecule has 16 heavy (non-hydrogen) atoms. The molecule has 0 fully saturated rings. The number of hydrogen-bond donors (Lipinski definition) is 0. The predicted octanol–water partition coefficient (Wildman–Crippen LogP) is 2.36. The van der Waals surface area contributed by atoms with E-state index in [1.54, 1.807) is 24.3 Å². The largest absolute Gasteiger partial charge is 0.450 e. The number of alkyl halides is 3. The van der Waals surface area contributed by atoms with E-state index in [1.807, 2.05) is 0 Å². The molecule has 3 rings (SSSR count). The number of ether oxygens (including phenoxy) is 1. The minimum Gasteiger partial charge on any atom is -0.450 e. The van der Waals surface area contributed by atoms with Gasteiger partial charge in [0.2, 0.25) is 6.10 Å². The van der Waals surface area contributed by atoms with Crippen LogP contribution in [0.4, 0.5) is 13.2 Å². The number of halogens is 3. The van der Waals surface area contributed by atoms with E-state index in [4.69, 9.17) is 4.74 Å². The lowest BCUT2D eigenvalue weighted by atomic mass is 10.3. The first-order chi connectivity index (χ1) is 7.55. The van der Waals surface area contributed by atoms with E-state index in [9.17, 15) is 13.2 Å². The molecule has 2 heterocycles. The van der Waals surface area contributed by atoms with Crippen molar-refractivity contribution >= 4 is 11.0 Å². The summed E-state index contributed by atoms with van der Waals surface area (Å²) in [5.41, 5.74) is 1.32. The highest BCUT2D eigenvalue weighted by atomic mass is 19.4. The van der Waals surface area contributed by atoms with Crippen molar-refractivity contribution in [3.63, 3.8) is 0 Å². The zero-order valence-corrected chi connectivity index (χ0v) is 8.03. The van der Waals surface area contributed by atoms with E-state index in [1.165, 1.54) is 4.57 Å². The number of benzene rings is 1. The zero-order chi connectivity index (χ0) is 11.3. The quantitative estimate of drug-likeness (QED) is 0.692. The van der Waals surface area contributed by atoms with Gasteiger partial charge in [-0.2, -0.15) is 18.2 Å². The average molecular weight is 228 g/mol. The molecule has 1 aliphatic heterocycles. The Balaban J connectivity index is 2.05. The van der Waals surface area contributed by atoms with Crippen molar-refractivity contribution in [2.75, 3.05) is 0 Å². The second-order valence-corrected chi connectivity index (χ2v) is 3.64. The minimum absolute atomic E-state index is 0.0449. The van der Waals surface area contributed by atoms with Gasteiger partial charge in [0, 0.05) is 0 Å². The van der Waals surface area contributed by atoms with Gasteiger partial charge in [0.1, 0.15) is 0 Å². The Morgan fingerprint density at radius 1 is 1.31 bits per heavy atom. The Labute approximate surface area is 88.5 Å². The van der Waals surface area contributed by atoms with Gasteiger partial charge in [0.05, 0.1) is 17.6 Å². The van der Waals surface area contributed by atoms with Crippen molar-refractivity contribution in [3.8, 4) is 6.01 Å². The molecule has 0 radical (unpaired) electrons. The Hall–Kier alpha value is -1.72. The van der Waals surface area contributed by atoms with E-state index in [0.29, 0.717) is 11.0 Å². The van der Waals surface area contributed by atoms with Crippen molar-refractivity contribution in [1.29, 1.82) is 0 Å². The molecule has 3 nitrogen and oxygen atoms in total. The third kappa shape index (κ3) is 1.26. The zero-order valence-electron chi connectivity index (χ0n) is 8.03. The first-order valence-corrected chi connectivity index (χ1v) is 4.74. The van der Waals surface area contributed by atoms with E-state index in [0.717, 1.165) is 0 Å². The van der Waals surface area contributed by atoms with Gasteiger partial charge >= 0.3 is 6.18 Å². The van der Waals surface area contributed by atoms with Crippen molar-refractivity contribution in [2.45, 2.75) is 18.8 Å². The van der Waals surface area contributed by atoms with Crippen molar-refractivity contribution in [2.24, 2.45) is 0 Å². The Morgan fingerprint density at radius 3 is 2.81 bits per heavy atom. The van der Waals surface area contributed by atoms with E-state index in [2.05, 4.69) is 4.98 Å². The minimum atomic E-state index is -4.35. The molecule has 84 valence electrons. The van der Waals surface area contributed by atoms with Gasteiger partial charge in [-0.05, 0) is 12.1 Å².